The van der Waals surface area contributed by atoms with Crippen LogP contribution in [-0.4, -0.2) is 13.0 Å². The number of aryl methyl sites for hydroxylation is 1. The summed E-state index contributed by atoms with van der Waals surface area (Å²) in [7, 11) is 1.63. The summed E-state index contributed by atoms with van der Waals surface area (Å²) in [6.07, 6.45) is 2.28. The van der Waals surface area contributed by atoms with Gasteiger partial charge < -0.3 is 10.1 Å². The molecule has 0 spiro atoms. The van der Waals surface area contributed by atoms with Crippen LogP contribution in [0.15, 0.2) is 18.2 Å². The average Bonchev–Trinajstić information content (AvgIpc) is 2.29. The van der Waals surface area contributed by atoms with Gasteiger partial charge in [-0.25, -0.2) is 0 Å². The molecule has 3 heteroatoms. The summed E-state index contributed by atoms with van der Waals surface area (Å²) in [5.41, 5.74) is 1.87. The molecule has 16 heavy (non-hydrogen) atoms. The van der Waals surface area contributed by atoms with E-state index in [0.717, 1.165) is 29.8 Å². The van der Waals surface area contributed by atoms with Gasteiger partial charge in [-0.05, 0) is 24.5 Å². The summed E-state index contributed by atoms with van der Waals surface area (Å²) in [6, 6.07) is 5.81. The Labute approximate surface area is 96.8 Å². The van der Waals surface area contributed by atoms with E-state index in [1.165, 1.54) is 0 Å². The highest BCUT2D eigenvalue weighted by atomic mass is 16.5. The maximum Gasteiger partial charge on any atom is 0.224 e. The van der Waals surface area contributed by atoms with Crippen LogP contribution in [0.5, 0.6) is 5.75 Å². The van der Waals surface area contributed by atoms with Crippen molar-refractivity contribution in [2.75, 3.05) is 12.4 Å². The zero-order valence-electron chi connectivity index (χ0n) is 10.2. The van der Waals surface area contributed by atoms with Crippen LogP contribution in [0.1, 0.15) is 32.3 Å². The number of hydrogen-bond donors (Lipinski definition) is 1. The van der Waals surface area contributed by atoms with E-state index in [2.05, 4.69) is 12.2 Å². The number of carbonyl (C=O) groups excluding carboxylic acids is 1. The molecule has 0 bridgehead atoms. The van der Waals surface area contributed by atoms with Crippen molar-refractivity contribution in [1.29, 1.82) is 0 Å². The molecule has 1 rings (SSSR count). The van der Waals surface area contributed by atoms with Gasteiger partial charge in [0.1, 0.15) is 5.75 Å². The molecule has 0 fully saturated rings. The topological polar surface area (TPSA) is 38.3 Å². The van der Waals surface area contributed by atoms with Crippen molar-refractivity contribution in [2.45, 2.75) is 33.1 Å². The molecule has 0 radical (unpaired) electrons. The van der Waals surface area contributed by atoms with E-state index in [4.69, 9.17) is 4.74 Å². The predicted molar refractivity (Wildman–Crippen MR) is 65.9 cm³/mol. The monoisotopic (exact) mass is 221 g/mol. The highest BCUT2D eigenvalue weighted by Crippen LogP contribution is 2.29. The van der Waals surface area contributed by atoms with Gasteiger partial charge in [0, 0.05) is 6.42 Å². The molecule has 0 aliphatic rings. The van der Waals surface area contributed by atoms with Gasteiger partial charge in [0.05, 0.1) is 12.8 Å². The van der Waals surface area contributed by atoms with E-state index in [1.807, 2.05) is 25.1 Å². The van der Waals surface area contributed by atoms with E-state index in [-0.39, 0.29) is 5.91 Å². The number of nitrogens with one attached hydrogen (secondary N) is 1. The van der Waals surface area contributed by atoms with Crippen LogP contribution in [0.25, 0.3) is 0 Å². The molecule has 1 aromatic rings. The van der Waals surface area contributed by atoms with Gasteiger partial charge in [0.25, 0.3) is 0 Å². The van der Waals surface area contributed by atoms with Crippen molar-refractivity contribution in [1.82, 2.24) is 0 Å². The van der Waals surface area contributed by atoms with Crippen LogP contribution < -0.4 is 10.1 Å². The lowest BCUT2D eigenvalue weighted by atomic mass is 10.1. The molecule has 88 valence electrons. The average molecular weight is 221 g/mol. The van der Waals surface area contributed by atoms with E-state index in [0.29, 0.717) is 6.42 Å². The number of ether oxygens (including phenoxy) is 1. The Balaban J connectivity index is 2.90. The third-order valence-corrected chi connectivity index (χ3v) is 2.43. The van der Waals surface area contributed by atoms with Crippen molar-refractivity contribution in [3.05, 3.63) is 23.8 Å². The SMILES string of the molecule is CCCC(=O)Nc1cccc(CC)c1OC. The fourth-order valence-corrected chi connectivity index (χ4v) is 1.64. The summed E-state index contributed by atoms with van der Waals surface area (Å²) in [5, 5.41) is 2.87. The van der Waals surface area contributed by atoms with Crippen LogP contribution in [-0.2, 0) is 11.2 Å². The highest BCUT2D eigenvalue weighted by molar-refractivity contribution is 5.92. The predicted octanol–water partition coefficient (Wildman–Crippen LogP) is 3.00. The molecule has 0 saturated heterocycles. The van der Waals surface area contributed by atoms with Gasteiger partial charge in [-0.1, -0.05) is 26.0 Å². The van der Waals surface area contributed by atoms with E-state index < -0.39 is 0 Å². The van der Waals surface area contributed by atoms with Crippen LogP contribution >= 0.6 is 0 Å². The molecule has 1 N–H and O–H groups in total. The molecule has 0 aromatic heterocycles. The van der Waals surface area contributed by atoms with Crippen LogP contribution in [0.2, 0.25) is 0 Å². The summed E-state index contributed by atoms with van der Waals surface area (Å²) in [4.78, 5) is 11.5. The Morgan fingerprint density at radius 1 is 1.38 bits per heavy atom. The molecule has 0 unspecified atom stereocenters. The molecule has 0 atom stereocenters. The Kier molecular flexibility index (Phi) is 4.83. The number of para-hydroxylation sites is 1. The summed E-state index contributed by atoms with van der Waals surface area (Å²) < 4.78 is 5.33. The molecule has 3 nitrogen and oxygen atoms in total. The lowest BCUT2D eigenvalue weighted by Crippen LogP contribution is -2.12. The minimum absolute atomic E-state index is 0.0362. The first kappa shape index (κ1) is 12.6. The molecule has 1 amide bonds. The molecule has 0 heterocycles. The fourth-order valence-electron chi connectivity index (χ4n) is 1.64. The van der Waals surface area contributed by atoms with Gasteiger partial charge in [-0.15, -0.1) is 0 Å². The second-order valence-corrected chi connectivity index (χ2v) is 3.65. The van der Waals surface area contributed by atoms with Crippen molar-refractivity contribution in [3.63, 3.8) is 0 Å². The molecule has 0 aliphatic heterocycles. The maximum absolute atomic E-state index is 11.5. The van der Waals surface area contributed by atoms with Crippen LogP contribution in [0, 0.1) is 0 Å². The van der Waals surface area contributed by atoms with E-state index >= 15 is 0 Å². The fraction of sp³-hybridized carbons (Fsp3) is 0.462. The first-order valence-corrected chi connectivity index (χ1v) is 5.68. The number of anilines is 1. The minimum Gasteiger partial charge on any atom is -0.494 e. The minimum atomic E-state index is 0.0362. The van der Waals surface area contributed by atoms with Crippen LogP contribution in [0.4, 0.5) is 5.69 Å². The molecular formula is C13H19NO2. The van der Waals surface area contributed by atoms with E-state index in [9.17, 15) is 4.79 Å². The smallest absolute Gasteiger partial charge is 0.224 e. The number of amides is 1. The number of benzene rings is 1. The van der Waals surface area contributed by atoms with Crippen molar-refractivity contribution < 1.29 is 9.53 Å². The van der Waals surface area contributed by atoms with Crippen molar-refractivity contribution >= 4 is 11.6 Å². The Bertz CT molecular complexity index is 361. The van der Waals surface area contributed by atoms with Crippen molar-refractivity contribution in [3.8, 4) is 5.75 Å². The second kappa shape index (κ2) is 6.16. The zero-order valence-corrected chi connectivity index (χ0v) is 10.2. The standard InChI is InChI=1S/C13H19NO2/c1-4-7-12(15)14-11-9-6-8-10(5-2)13(11)16-3/h6,8-9H,4-5,7H2,1-3H3,(H,14,15). The first-order chi connectivity index (χ1) is 7.72. The number of rotatable bonds is 5. The van der Waals surface area contributed by atoms with Gasteiger partial charge in [0.2, 0.25) is 5.91 Å². The van der Waals surface area contributed by atoms with E-state index in [1.54, 1.807) is 7.11 Å². The number of hydrogen-bond acceptors (Lipinski definition) is 2. The molecular weight excluding hydrogens is 202 g/mol. The molecule has 1 aromatic carbocycles. The van der Waals surface area contributed by atoms with Gasteiger partial charge >= 0.3 is 0 Å². The Hall–Kier alpha value is -1.51. The molecule has 0 saturated carbocycles. The third kappa shape index (κ3) is 2.99. The molecule has 0 aliphatic carbocycles. The summed E-state index contributed by atoms with van der Waals surface area (Å²) in [6.45, 7) is 4.05. The van der Waals surface area contributed by atoms with Gasteiger partial charge in [-0.3, -0.25) is 4.79 Å². The number of methoxy groups -OCH3 is 1. The maximum atomic E-state index is 11.5. The summed E-state index contributed by atoms with van der Waals surface area (Å²) in [5.74, 6) is 0.809. The normalized spacial score (nSPS) is 9.94. The largest absolute Gasteiger partial charge is 0.494 e. The van der Waals surface area contributed by atoms with Crippen LogP contribution in [0.3, 0.4) is 0 Å². The Morgan fingerprint density at radius 3 is 2.69 bits per heavy atom. The zero-order chi connectivity index (χ0) is 12.0. The second-order valence-electron chi connectivity index (χ2n) is 3.65. The Morgan fingerprint density at radius 2 is 2.12 bits per heavy atom. The van der Waals surface area contributed by atoms with Crippen molar-refractivity contribution in [2.24, 2.45) is 0 Å². The van der Waals surface area contributed by atoms with Gasteiger partial charge in [-0.2, -0.15) is 0 Å². The highest BCUT2D eigenvalue weighted by Gasteiger charge is 2.09. The quantitative estimate of drug-likeness (QED) is 0.830. The van der Waals surface area contributed by atoms with Gasteiger partial charge in [0.15, 0.2) is 0 Å². The lowest BCUT2D eigenvalue weighted by molar-refractivity contribution is -0.116. The third-order valence-electron chi connectivity index (χ3n) is 2.43. The lowest BCUT2D eigenvalue weighted by Gasteiger charge is -2.13. The summed E-state index contributed by atoms with van der Waals surface area (Å²) >= 11 is 0. The number of carbonyl (C=O) groups is 1. The first-order valence-electron chi connectivity index (χ1n) is 5.68.